The summed E-state index contributed by atoms with van der Waals surface area (Å²) in [4.78, 5) is 16.0. The van der Waals surface area contributed by atoms with Gasteiger partial charge < -0.3 is 4.90 Å². The minimum atomic E-state index is -5.64. The first kappa shape index (κ1) is 15.8. The van der Waals surface area contributed by atoms with Gasteiger partial charge in [-0.25, -0.2) is 0 Å². The van der Waals surface area contributed by atoms with E-state index < -0.39 is 42.2 Å². The second-order valence-electron chi connectivity index (χ2n) is 5.47. The number of nitrogens with zero attached hydrogens (tertiary/aromatic N) is 2. The normalized spacial score (nSPS) is 25.9. The molecule has 1 aliphatic heterocycles. The maximum absolute atomic E-state index is 13.5. The molecule has 0 unspecified atom stereocenters. The van der Waals surface area contributed by atoms with E-state index in [1.54, 1.807) is 0 Å². The standard InChI is InChI=1S/C14H10F6N2O/c15-13(16,17)12(14(18,19)20)9-1-2-10(7-9)22(12)11(23)8-3-5-21-6-4-8/h1-6,9-10H,7H2/t9-,10+/m1/s1. The predicted molar refractivity (Wildman–Crippen MR) is 66.3 cm³/mol. The lowest BCUT2D eigenvalue weighted by atomic mass is 9.83. The summed E-state index contributed by atoms with van der Waals surface area (Å²) in [5.41, 5.74) is -4.46. The van der Waals surface area contributed by atoms with Crippen molar-refractivity contribution in [2.75, 3.05) is 0 Å². The molecule has 0 saturated carbocycles. The lowest BCUT2D eigenvalue weighted by molar-refractivity contribution is -0.336. The quantitative estimate of drug-likeness (QED) is 0.582. The zero-order valence-electron chi connectivity index (χ0n) is 11.4. The SMILES string of the molecule is O=C(c1ccncc1)N1[C@H]2C=C[C@H](C2)C1(C(F)(F)F)C(F)(F)F. The second-order valence-corrected chi connectivity index (χ2v) is 5.47. The number of hydrogen-bond acceptors (Lipinski definition) is 2. The van der Waals surface area contributed by atoms with Gasteiger partial charge in [-0.3, -0.25) is 9.78 Å². The highest BCUT2D eigenvalue weighted by molar-refractivity contribution is 5.95. The Bertz CT molecular complexity index is 637. The van der Waals surface area contributed by atoms with Gasteiger partial charge in [0.1, 0.15) is 0 Å². The molecule has 124 valence electrons. The van der Waals surface area contributed by atoms with Gasteiger partial charge in [0, 0.05) is 23.9 Å². The van der Waals surface area contributed by atoms with E-state index in [0.29, 0.717) is 0 Å². The van der Waals surface area contributed by atoms with Crippen LogP contribution in [0.25, 0.3) is 0 Å². The average molecular weight is 336 g/mol. The van der Waals surface area contributed by atoms with E-state index in [1.807, 2.05) is 0 Å². The number of hydrogen-bond donors (Lipinski definition) is 0. The number of pyridine rings is 1. The molecule has 0 radical (unpaired) electrons. The fraction of sp³-hybridized carbons (Fsp3) is 0.429. The fourth-order valence-corrected chi connectivity index (χ4v) is 3.42. The molecule has 23 heavy (non-hydrogen) atoms. The van der Waals surface area contributed by atoms with Crippen LogP contribution in [0.1, 0.15) is 16.8 Å². The highest BCUT2D eigenvalue weighted by atomic mass is 19.4. The van der Waals surface area contributed by atoms with E-state index in [2.05, 4.69) is 4.98 Å². The Morgan fingerprint density at radius 3 is 2.17 bits per heavy atom. The molecule has 0 aromatic carbocycles. The van der Waals surface area contributed by atoms with Gasteiger partial charge in [-0.2, -0.15) is 26.3 Å². The Morgan fingerprint density at radius 1 is 1.09 bits per heavy atom. The summed E-state index contributed by atoms with van der Waals surface area (Å²) in [5, 5.41) is 0. The Morgan fingerprint density at radius 2 is 1.65 bits per heavy atom. The van der Waals surface area contributed by atoms with Crippen molar-refractivity contribution in [2.45, 2.75) is 30.4 Å². The van der Waals surface area contributed by atoms with Gasteiger partial charge in [-0.05, 0) is 18.6 Å². The van der Waals surface area contributed by atoms with Crippen LogP contribution in [0, 0.1) is 5.92 Å². The van der Waals surface area contributed by atoms with Crippen LogP contribution >= 0.6 is 0 Å². The van der Waals surface area contributed by atoms with Crippen molar-refractivity contribution in [2.24, 2.45) is 5.92 Å². The molecule has 2 bridgehead atoms. The summed E-state index contributed by atoms with van der Waals surface area (Å²) >= 11 is 0. The molecule has 2 aliphatic rings. The highest BCUT2D eigenvalue weighted by Crippen LogP contribution is 2.60. The monoisotopic (exact) mass is 336 g/mol. The molecule has 2 heterocycles. The number of likely N-dealkylation sites (tertiary alicyclic amines) is 1. The van der Waals surface area contributed by atoms with Gasteiger partial charge >= 0.3 is 12.4 Å². The molecular weight excluding hydrogens is 326 g/mol. The highest BCUT2D eigenvalue weighted by Gasteiger charge is 2.81. The lowest BCUT2D eigenvalue weighted by Crippen LogP contribution is -2.70. The number of aromatic nitrogens is 1. The summed E-state index contributed by atoms with van der Waals surface area (Å²) in [6, 6.07) is 0.953. The minimum absolute atomic E-state index is 0.0625. The van der Waals surface area contributed by atoms with E-state index in [4.69, 9.17) is 0 Å². The van der Waals surface area contributed by atoms with Crippen LogP contribution in [0.3, 0.4) is 0 Å². The Labute approximate surface area is 126 Å². The third-order valence-corrected chi connectivity index (χ3v) is 4.32. The molecule has 1 saturated heterocycles. The van der Waals surface area contributed by atoms with Crippen LogP contribution in [0.5, 0.6) is 0 Å². The van der Waals surface area contributed by atoms with Crippen LogP contribution in [0.15, 0.2) is 36.7 Å². The molecule has 0 spiro atoms. The molecule has 1 fully saturated rings. The zero-order chi connectivity index (χ0) is 17.0. The third kappa shape index (κ3) is 1.98. The summed E-state index contributed by atoms with van der Waals surface area (Å²) in [7, 11) is 0. The minimum Gasteiger partial charge on any atom is -0.309 e. The summed E-state index contributed by atoms with van der Waals surface area (Å²) in [6.07, 6.45) is -7.27. The van der Waals surface area contributed by atoms with Crippen molar-refractivity contribution in [3.05, 3.63) is 42.2 Å². The first-order chi connectivity index (χ1) is 10.6. The molecule has 0 N–H and O–H groups in total. The summed E-state index contributed by atoms with van der Waals surface area (Å²) in [5.74, 6) is -3.14. The predicted octanol–water partition coefficient (Wildman–Crippen LogP) is 3.35. The Hall–Kier alpha value is -2.06. The lowest BCUT2D eigenvalue weighted by Gasteiger charge is -2.46. The van der Waals surface area contributed by atoms with Crippen LogP contribution < -0.4 is 0 Å². The zero-order valence-corrected chi connectivity index (χ0v) is 11.4. The van der Waals surface area contributed by atoms with Gasteiger partial charge in [0.05, 0.1) is 6.04 Å². The molecule has 3 rings (SSSR count). The number of rotatable bonds is 1. The first-order valence-corrected chi connectivity index (χ1v) is 6.66. The smallest absolute Gasteiger partial charge is 0.309 e. The van der Waals surface area contributed by atoms with E-state index in [0.717, 1.165) is 30.6 Å². The first-order valence-electron chi connectivity index (χ1n) is 6.66. The molecular formula is C14H10F6N2O. The summed E-state index contributed by atoms with van der Waals surface area (Å²) in [6.45, 7) is 0. The van der Waals surface area contributed by atoms with Crippen molar-refractivity contribution in [1.82, 2.24) is 9.88 Å². The van der Waals surface area contributed by atoms with E-state index in [1.165, 1.54) is 6.08 Å². The maximum Gasteiger partial charge on any atom is 0.421 e. The molecule has 9 heteroatoms. The van der Waals surface area contributed by atoms with Crippen molar-refractivity contribution in [3.63, 3.8) is 0 Å². The number of alkyl halides is 6. The van der Waals surface area contributed by atoms with E-state index in [-0.39, 0.29) is 10.5 Å². The molecule has 2 atom stereocenters. The van der Waals surface area contributed by atoms with Gasteiger partial charge in [0.15, 0.2) is 0 Å². The number of carbonyl (C=O) groups excluding carboxylic acids is 1. The Kier molecular flexibility index (Phi) is 3.24. The van der Waals surface area contributed by atoms with Crippen molar-refractivity contribution in [1.29, 1.82) is 0 Å². The molecule has 3 nitrogen and oxygen atoms in total. The fourth-order valence-electron chi connectivity index (χ4n) is 3.42. The largest absolute Gasteiger partial charge is 0.421 e. The number of carbonyl (C=O) groups is 1. The maximum atomic E-state index is 13.5. The third-order valence-electron chi connectivity index (χ3n) is 4.32. The molecule has 1 amide bonds. The molecule has 1 aromatic rings. The van der Waals surface area contributed by atoms with Crippen LogP contribution in [-0.2, 0) is 0 Å². The van der Waals surface area contributed by atoms with Crippen LogP contribution in [0.4, 0.5) is 26.3 Å². The van der Waals surface area contributed by atoms with Crippen molar-refractivity contribution >= 4 is 5.91 Å². The van der Waals surface area contributed by atoms with Gasteiger partial charge in [-0.15, -0.1) is 0 Å². The molecule has 1 aliphatic carbocycles. The number of fused-ring (bicyclic) bond motifs is 2. The van der Waals surface area contributed by atoms with Crippen LogP contribution in [0.2, 0.25) is 0 Å². The van der Waals surface area contributed by atoms with Crippen molar-refractivity contribution < 1.29 is 31.1 Å². The van der Waals surface area contributed by atoms with E-state index in [9.17, 15) is 31.1 Å². The van der Waals surface area contributed by atoms with Crippen LogP contribution in [-0.4, -0.2) is 39.7 Å². The summed E-state index contributed by atoms with van der Waals surface area (Å²) < 4.78 is 81.2. The van der Waals surface area contributed by atoms with E-state index >= 15 is 0 Å². The number of amides is 1. The molecule has 1 aromatic heterocycles. The topological polar surface area (TPSA) is 33.2 Å². The van der Waals surface area contributed by atoms with Gasteiger partial charge in [-0.1, -0.05) is 12.2 Å². The Balaban J connectivity index is 2.18. The van der Waals surface area contributed by atoms with Gasteiger partial charge in [0.25, 0.3) is 5.91 Å². The second kappa shape index (κ2) is 4.72. The van der Waals surface area contributed by atoms with Gasteiger partial charge in [0.2, 0.25) is 5.54 Å². The van der Waals surface area contributed by atoms with Crippen molar-refractivity contribution in [3.8, 4) is 0 Å². The average Bonchev–Trinajstić information content (AvgIpc) is 3.04. The number of halogens is 6.